The van der Waals surface area contributed by atoms with Crippen molar-refractivity contribution in [3.05, 3.63) is 21.3 Å². The average Bonchev–Trinajstić information content (AvgIpc) is 2.64. The third kappa shape index (κ3) is 1.06. The summed E-state index contributed by atoms with van der Waals surface area (Å²) in [6.07, 6.45) is 3.00. The van der Waals surface area contributed by atoms with Gasteiger partial charge in [0.05, 0.1) is 5.56 Å². The molecule has 1 aliphatic rings. The van der Waals surface area contributed by atoms with Crippen molar-refractivity contribution in [2.24, 2.45) is 7.05 Å². The first-order valence-electron chi connectivity index (χ1n) is 4.57. The molecule has 0 fully saturated rings. The number of rotatable bonds is 0. The van der Waals surface area contributed by atoms with E-state index in [9.17, 15) is 0 Å². The molecule has 0 atom stereocenters. The van der Waals surface area contributed by atoms with Crippen LogP contribution < -0.4 is 5.73 Å². The molecular weight excluding hydrogens is 194 g/mol. The predicted molar refractivity (Wildman–Crippen MR) is 57.4 cm³/mol. The van der Waals surface area contributed by atoms with Crippen LogP contribution in [0.15, 0.2) is 0 Å². The van der Waals surface area contributed by atoms with Crippen LogP contribution in [-0.2, 0) is 19.9 Å². The summed E-state index contributed by atoms with van der Waals surface area (Å²) >= 11 is 5.29. The molecule has 1 aliphatic carbocycles. The van der Waals surface area contributed by atoms with Crippen LogP contribution in [0.2, 0.25) is 0 Å². The summed E-state index contributed by atoms with van der Waals surface area (Å²) in [5.74, 6) is 0.498. The first kappa shape index (κ1) is 9.22. The Kier molecular flexibility index (Phi) is 2.05. The Labute approximate surface area is 87.8 Å². The molecule has 4 heteroatoms. The molecule has 2 N–H and O–H groups in total. The van der Waals surface area contributed by atoms with E-state index < -0.39 is 0 Å². The minimum atomic E-state index is 0.498. The van der Waals surface area contributed by atoms with Crippen molar-refractivity contribution in [2.75, 3.05) is 5.73 Å². The van der Waals surface area contributed by atoms with Crippen molar-refractivity contribution in [3.8, 4) is 6.07 Å². The highest BCUT2D eigenvalue weighted by Crippen LogP contribution is 2.29. The summed E-state index contributed by atoms with van der Waals surface area (Å²) in [7, 11) is 1.82. The zero-order valence-electron chi connectivity index (χ0n) is 8.00. The fourth-order valence-corrected chi connectivity index (χ4v) is 2.34. The van der Waals surface area contributed by atoms with Gasteiger partial charge in [-0.1, -0.05) is 12.2 Å². The van der Waals surface area contributed by atoms with Crippen molar-refractivity contribution < 1.29 is 0 Å². The number of hydrogen-bond acceptors (Lipinski definition) is 3. The quantitative estimate of drug-likeness (QED) is 0.656. The van der Waals surface area contributed by atoms with E-state index >= 15 is 0 Å². The van der Waals surface area contributed by atoms with Crippen molar-refractivity contribution in [1.29, 1.82) is 5.26 Å². The molecule has 0 saturated carbocycles. The largest absolute Gasteiger partial charge is 0.384 e. The first-order chi connectivity index (χ1) is 6.66. The van der Waals surface area contributed by atoms with Crippen LogP contribution in [0.5, 0.6) is 0 Å². The van der Waals surface area contributed by atoms with Gasteiger partial charge in [-0.2, -0.15) is 5.26 Å². The Bertz CT molecular complexity index is 494. The summed E-state index contributed by atoms with van der Waals surface area (Å²) < 4.78 is 2.52. The number of nitrogens with two attached hydrogens (primary N) is 1. The molecule has 1 aromatic heterocycles. The maximum atomic E-state index is 9.02. The van der Waals surface area contributed by atoms with Gasteiger partial charge in [-0.05, 0) is 30.4 Å². The number of fused-ring (bicyclic) bond motifs is 1. The Morgan fingerprint density at radius 3 is 2.71 bits per heavy atom. The van der Waals surface area contributed by atoms with Crippen LogP contribution in [0.25, 0.3) is 0 Å². The SMILES string of the molecule is Cn1c(N)c(C#N)c2c(c1=S)CCC2. The number of aromatic nitrogens is 1. The second kappa shape index (κ2) is 3.10. The van der Waals surface area contributed by atoms with E-state index in [-0.39, 0.29) is 0 Å². The molecule has 1 heterocycles. The van der Waals surface area contributed by atoms with Crippen LogP contribution in [0.4, 0.5) is 5.82 Å². The molecule has 0 aliphatic heterocycles. The minimum absolute atomic E-state index is 0.498. The molecule has 0 bridgehead atoms. The molecule has 1 aromatic rings. The Hall–Kier alpha value is -1.34. The lowest BCUT2D eigenvalue weighted by molar-refractivity contribution is 0.872. The second-order valence-electron chi connectivity index (χ2n) is 3.55. The molecule has 0 aromatic carbocycles. The lowest BCUT2D eigenvalue weighted by Gasteiger charge is -2.11. The van der Waals surface area contributed by atoms with E-state index in [4.69, 9.17) is 23.2 Å². The number of anilines is 1. The van der Waals surface area contributed by atoms with E-state index in [2.05, 4.69) is 6.07 Å². The third-order valence-corrected chi connectivity index (χ3v) is 3.33. The van der Waals surface area contributed by atoms with Gasteiger partial charge in [0.25, 0.3) is 0 Å². The summed E-state index contributed by atoms with van der Waals surface area (Å²) in [6.45, 7) is 0. The van der Waals surface area contributed by atoms with Gasteiger partial charge in [-0.3, -0.25) is 0 Å². The van der Waals surface area contributed by atoms with Gasteiger partial charge in [0.2, 0.25) is 0 Å². The van der Waals surface area contributed by atoms with Crippen molar-refractivity contribution in [3.63, 3.8) is 0 Å². The molecule has 0 spiro atoms. The summed E-state index contributed by atoms with van der Waals surface area (Å²) in [6, 6.07) is 2.17. The van der Waals surface area contributed by atoms with Gasteiger partial charge in [-0.15, -0.1) is 0 Å². The number of nitriles is 1. The van der Waals surface area contributed by atoms with Gasteiger partial charge in [-0.25, -0.2) is 0 Å². The summed E-state index contributed by atoms with van der Waals surface area (Å²) in [5, 5.41) is 9.02. The first-order valence-corrected chi connectivity index (χ1v) is 4.98. The molecule has 0 radical (unpaired) electrons. The van der Waals surface area contributed by atoms with E-state index in [1.165, 1.54) is 0 Å². The van der Waals surface area contributed by atoms with Gasteiger partial charge in [0, 0.05) is 7.05 Å². The van der Waals surface area contributed by atoms with Crippen molar-refractivity contribution in [1.82, 2.24) is 4.57 Å². The number of nitrogen functional groups attached to an aromatic ring is 1. The van der Waals surface area contributed by atoms with Crippen LogP contribution in [0.1, 0.15) is 23.1 Å². The van der Waals surface area contributed by atoms with Crippen LogP contribution >= 0.6 is 12.2 Å². The topological polar surface area (TPSA) is 54.7 Å². The Balaban J connectivity index is 2.89. The third-order valence-electron chi connectivity index (χ3n) is 2.81. The van der Waals surface area contributed by atoms with Gasteiger partial charge < -0.3 is 10.3 Å². The fourth-order valence-electron chi connectivity index (χ4n) is 2.01. The lowest BCUT2D eigenvalue weighted by Crippen LogP contribution is -2.09. The van der Waals surface area contributed by atoms with Crippen LogP contribution in [0, 0.1) is 16.0 Å². The zero-order chi connectivity index (χ0) is 10.3. The highest BCUT2D eigenvalue weighted by molar-refractivity contribution is 7.71. The van der Waals surface area contributed by atoms with E-state index in [1.54, 1.807) is 4.57 Å². The molecule has 2 rings (SSSR count). The molecule has 72 valence electrons. The molecule has 0 amide bonds. The van der Waals surface area contributed by atoms with E-state index in [1.807, 2.05) is 7.05 Å². The van der Waals surface area contributed by atoms with Crippen LogP contribution in [-0.4, -0.2) is 4.57 Å². The van der Waals surface area contributed by atoms with E-state index in [0.717, 1.165) is 35.0 Å². The number of nitrogens with zero attached hydrogens (tertiary/aromatic N) is 2. The second-order valence-corrected chi connectivity index (χ2v) is 3.93. The van der Waals surface area contributed by atoms with Crippen LogP contribution in [0.3, 0.4) is 0 Å². The van der Waals surface area contributed by atoms with Crippen molar-refractivity contribution in [2.45, 2.75) is 19.3 Å². The molecular formula is C10H11N3S. The summed E-state index contributed by atoms with van der Waals surface area (Å²) in [4.78, 5) is 0. The van der Waals surface area contributed by atoms with Gasteiger partial charge in [0.1, 0.15) is 16.5 Å². The summed E-state index contributed by atoms with van der Waals surface area (Å²) in [5.41, 5.74) is 8.68. The van der Waals surface area contributed by atoms with Gasteiger partial charge >= 0.3 is 0 Å². The minimum Gasteiger partial charge on any atom is -0.384 e. The standard InChI is InChI=1S/C10H11N3S/c1-13-9(12)8(5-11)6-3-2-4-7(6)10(13)14/h2-4,12H2,1H3. The molecule has 0 unspecified atom stereocenters. The molecule has 3 nitrogen and oxygen atoms in total. The highest BCUT2D eigenvalue weighted by Gasteiger charge is 2.20. The molecule has 14 heavy (non-hydrogen) atoms. The fraction of sp³-hybridized carbons (Fsp3) is 0.400. The molecule has 0 saturated heterocycles. The zero-order valence-corrected chi connectivity index (χ0v) is 8.82. The Morgan fingerprint density at radius 1 is 1.43 bits per heavy atom. The maximum absolute atomic E-state index is 9.02. The lowest BCUT2D eigenvalue weighted by atomic mass is 10.1. The average molecular weight is 205 g/mol. The smallest absolute Gasteiger partial charge is 0.122 e. The monoisotopic (exact) mass is 205 g/mol. The van der Waals surface area contributed by atoms with E-state index in [0.29, 0.717) is 11.4 Å². The highest BCUT2D eigenvalue weighted by atomic mass is 32.1. The Morgan fingerprint density at radius 2 is 2.07 bits per heavy atom. The maximum Gasteiger partial charge on any atom is 0.122 e. The van der Waals surface area contributed by atoms with Crippen molar-refractivity contribution >= 4 is 18.0 Å². The number of hydrogen-bond donors (Lipinski definition) is 1. The number of pyridine rings is 1. The predicted octanol–water partition coefficient (Wildman–Crippen LogP) is 1.70. The van der Waals surface area contributed by atoms with Gasteiger partial charge in [0.15, 0.2) is 0 Å². The normalized spacial score (nSPS) is 13.7.